The first-order chi connectivity index (χ1) is 10.4. The zero-order valence-corrected chi connectivity index (χ0v) is 14.3. The molecule has 2 rings (SSSR count). The fourth-order valence-corrected chi connectivity index (χ4v) is 2.35. The van der Waals surface area contributed by atoms with Crippen LogP contribution in [0.25, 0.3) is 0 Å². The Kier molecular flexibility index (Phi) is 4.65. The molecule has 0 atom stereocenters. The zero-order valence-electron chi connectivity index (χ0n) is 12.7. The fraction of sp³-hybridized carbons (Fsp3) is 0.385. The number of nitrogens with zero attached hydrogens (tertiary/aromatic N) is 4. The molecule has 0 spiro atoms. The summed E-state index contributed by atoms with van der Waals surface area (Å²) in [6, 6.07) is 0. The second-order valence-corrected chi connectivity index (χ2v) is 5.36. The number of carbonyl (C=O) groups is 2. The monoisotopic (exact) mass is 369 g/mol. The summed E-state index contributed by atoms with van der Waals surface area (Å²) in [6.07, 6.45) is 1.58. The molecule has 1 N–H and O–H groups in total. The van der Waals surface area contributed by atoms with Gasteiger partial charge in [0.1, 0.15) is 0 Å². The van der Waals surface area contributed by atoms with Crippen molar-refractivity contribution in [2.45, 2.75) is 20.4 Å². The quantitative estimate of drug-likeness (QED) is 0.828. The number of aryl methyl sites for hydroxylation is 2. The molecule has 0 aliphatic heterocycles. The van der Waals surface area contributed by atoms with Gasteiger partial charge in [0, 0.05) is 19.8 Å². The van der Waals surface area contributed by atoms with Gasteiger partial charge in [-0.05, 0) is 29.8 Å². The molecule has 118 valence electrons. The SMILES string of the molecule is CCn1cc(NC(=O)c2nn(C)c(C)c2Br)c(C(=O)OC)n1. The van der Waals surface area contributed by atoms with Crippen LogP contribution in [0.5, 0.6) is 0 Å². The molecule has 22 heavy (non-hydrogen) atoms. The molecule has 1 amide bonds. The van der Waals surface area contributed by atoms with E-state index in [4.69, 9.17) is 0 Å². The van der Waals surface area contributed by atoms with Crippen molar-refractivity contribution in [2.24, 2.45) is 7.05 Å². The van der Waals surface area contributed by atoms with Crippen LogP contribution in [-0.4, -0.2) is 38.5 Å². The Morgan fingerprint density at radius 2 is 2.05 bits per heavy atom. The molecular formula is C13H16BrN5O3. The number of rotatable bonds is 4. The summed E-state index contributed by atoms with van der Waals surface area (Å²) in [5, 5.41) is 10.9. The first-order valence-electron chi connectivity index (χ1n) is 6.55. The minimum Gasteiger partial charge on any atom is -0.464 e. The smallest absolute Gasteiger partial charge is 0.360 e. The van der Waals surface area contributed by atoms with Gasteiger partial charge in [-0.15, -0.1) is 0 Å². The normalized spacial score (nSPS) is 10.6. The Morgan fingerprint density at radius 1 is 1.36 bits per heavy atom. The van der Waals surface area contributed by atoms with E-state index < -0.39 is 11.9 Å². The molecule has 0 aromatic carbocycles. The van der Waals surface area contributed by atoms with Crippen molar-refractivity contribution in [3.63, 3.8) is 0 Å². The number of halogens is 1. The molecule has 0 saturated carbocycles. The summed E-state index contributed by atoms with van der Waals surface area (Å²) in [5.41, 5.74) is 1.40. The van der Waals surface area contributed by atoms with E-state index in [0.29, 0.717) is 11.0 Å². The van der Waals surface area contributed by atoms with Crippen molar-refractivity contribution in [3.05, 3.63) is 27.8 Å². The number of hydrogen-bond acceptors (Lipinski definition) is 5. The van der Waals surface area contributed by atoms with Crippen LogP contribution in [0.2, 0.25) is 0 Å². The average Bonchev–Trinajstić information content (AvgIpc) is 3.02. The van der Waals surface area contributed by atoms with Gasteiger partial charge in [-0.2, -0.15) is 10.2 Å². The van der Waals surface area contributed by atoms with E-state index in [2.05, 4.69) is 36.2 Å². The molecule has 0 aliphatic carbocycles. The molecule has 0 bridgehead atoms. The lowest BCUT2D eigenvalue weighted by Crippen LogP contribution is -2.16. The van der Waals surface area contributed by atoms with E-state index in [0.717, 1.165) is 5.69 Å². The molecule has 2 aromatic heterocycles. The van der Waals surface area contributed by atoms with Gasteiger partial charge in [0.2, 0.25) is 0 Å². The highest BCUT2D eigenvalue weighted by Gasteiger charge is 2.23. The molecule has 2 heterocycles. The van der Waals surface area contributed by atoms with Crippen LogP contribution in [-0.2, 0) is 18.3 Å². The fourth-order valence-electron chi connectivity index (χ4n) is 1.83. The summed E-state index contributed by atoms with van der Waals surface area (Å²) in [4.78, 5) is 24.1. The summed E-state index contributed by atoms with van der Waals surface area (Å²) in [7, 11) is 3.00. The van der Waals surface area contributed by atoms with Gasteiger partial charge in [-0.25, -0.2) is 4.79 Å². The number of ether oxygens (including phenoxy) is 1. The minimum atomic E-state index is -0.612. The number of methoxy groups -OCH3 is 1. The van der Waals surface area contributed by atoms with Gasteiger partial charge in [0.15, 0.2) is 11.4 Å². The van der Waals surface area contributed by atoms with Gasteiger partial charge in [0.25, 0.3) is 5.91 Å². The van der Waals surface area contributed by atoms with E-state index in [-0.39, 0.29) is 17.1 Å². The molecule has 2 aromatic rings. The topological polar surface area (TPSA) is 91.0 Å². The van der Waals surface area contributed by atoms with Crippen LogP contribution < -0.4 is 5.32 Å². The van der Waals surface area contributed by atoms with E-state index in [9.17, 15) is 9.59 Å². The van der Waals surface area contributed by atoms with Crippen LogP contribution in [0.1, 0.15) is 33.6 Å². The van der Waals surface area contributed by atoms with Crippen LogP contribution in [0.15, 0.2) is 10.7 Å². The summed E-state index contributed by atoms with van der Waals surface area (Å²) < 4.78 is 8.42. The van der Waals surface area contributed by atoms with Crippen LogP contribution in [0.4, 0.5) is 5.69 Å². The van der Waals surface area contributed by atoms with E-state index >= 15 is 0 Å². The number of nitrogens with one attached hydrogen (secondary N) is 1. The Bertz CT molecular complexity index is 734. The summed E-state index contributed by atoms with van der Waals surface area (Å²) >= 11 is 3.34. The van der Waals surface area contributed by atoms with Gasteiger partial charge in [0.05, 0.1) is 23.0 Å². The second kappa shape index (κ2) is 6.30. The molecule has 0 radical (unpaired) electrons. The molecule has 0 fully saturated rings. The lowest BCUT2D eigenvalue weighted by molar-refractivity contribution is 0.0594. The maximum atomic E-state index is 12.4. The standard InChI is InChI=1S/C13H16BrN5O3/c1-5-19-6-8(10(17-19)13(21)22-4)15-12(20)11-9(14)7(2)18(3)16-11/h6H,5H2,1-4H3,(H,15,20). The van der Waals surface area contributed by atoms with Gasteiger partial charge < -0.3 is 10.1 Å². The maximum absolute atomic E-state index is 12.4. The Balaban J connectivity index is 2.33. The minimum absolute atomic E-state index is 0.0569. The first-order valence-corrected chi connectivity index (χ1v) is 7.34. The highest BCUT2D eigenvalue weighted by Crippen LogP contribution is 2.22. The Morgan fingerprint density at radius 3 is 2.55 bits per heavy atom. The Labute approximate surface area is 135 Å². The molecule has 9 heteroatoms. The molecule has 0 unspecified atom stereocenters. The number of carbonyl (C=O) groups excluding carboxylic acids is 2. The average molecular weight is 370 g/mol. The summed E-state index contributed by atoms with van der Waals surface area (Å²) in [5.74, 6) is -1.05. The molecule has 0 aliphatic rings. The Hall–Kier alpha value is -2.16. The lowest BCUT2D eigenvalue weighted by atomic mass is 10.3. The predicted molar refractivity (Wildman–Crippen MR) is 82.8 cm³/mol. The maximum Gasteiger partial charge on any atom is 0.360 e. The van der Waals surface area contributed by atoms with Crippen molar-refractivity contribution in [1.82, 2.24) is 19.6 Å². The number of anilines is 1. The molecule has 0 saturated heterocycles. The summed E-state index contributed by atoms with van der Waals surface area (Å²) in [6.45, 7) is 4.27. The van der Waals surface area contributed by atoms with Crippen molar-refractivity contribution < 1.29 is 14.3 Å². The highest BCUT2D eigenvalue weighted by molar-refractivity contribution is 9.10. The van der Waals surface area contributed by atoms with E-state index in [1.165, 1.54) is 7.11 Å². The van der Waals surface area contributed by atoms with Crippen LogP contribution in [0, 0.1) is 6.92 Å². The van der Waals surface area contributed by atoms with Gasteiger partial charge in [-0.1, -0.05) is 0 Å². The van der Waals surface area contributed by atoms with E-state index in [1.54, 1.807) is 22.6 Å². The largest absolute Gasteiger partial charge is 0.464 e. The van der Waals surface area contributed by atoms with Crippen molar-refractivity contribution in [3.8, 4) is 0 Å². The molecular weight excluding hydrogens is 354 g/mol. The van der Waals surface area contributed by atoms with Crippen molar-refractivity contribution >= 4 is 33.5 Å². The third kappa shape index (κ3) is 2.89. The highest BCUT2D eigenvalue weighted by atomic mass is 79.9. The zero-order chi connectivity index (χ0) is 16.4. The molecule has 8 nitrogen and oxygen atoms in total. The van der Waals surface area contributed by atoms with Crippen molar-refractivity contribution in [2.75, 3.05) is 12.4 Å². The number of hydrogen-bond donors (Lipinski definition) is 1. The van der Waals surface area contributed by atoms with Crippen LogP contribution in [0.3, 0.4) is 0 Å². The third-order valence-corrected chi connectivity index (χ3v) is 4.14. The number of amides is 1. The number of aromatic nitrogens is 4. The predicted octanol–water partition coefficient (Wildman–Crippen LogP) is 1.75. The lowest BCUT2D eigenvalue weighted by Gasteiger charge is -2.02. The number of esters is 1. The third-order valence-electron chi connectivity index (χ3n) is 3.19. The van der Waals surface area contributed by atoms with Gasteiger partial charge in [-0.3, -0.25) is 14.2 Å². The van der Waals surface area contributed by atoms with Crippen molar-refractivity contribution in [1.29, 1.82) is 0 Å². The van der Waals surface area contributed by atoms with Gasteiger partial charge >= 0.3 is 5.97 Å². The van der Waals surface area contributed by atoms with E-state index in [1.807, 2.05) is 13.8 Å². The first kappa shape index (κ1) is 16.2. The second-order valence-electron chi connectivity index (χ2n) is 4.56. The van der Waals surface area contributed by atoms with Crippen LogP contribution >= 0.6 is 15.9 Å².